The maximum atomic E-state index is 13.8. The second-order valence-electron chi connectivity index (χ2n) is 6.53. The average Bonchev–Trinajstić information content (AvgIpc) is 3.02. The number of aromatic amines is 1. The molecule has 0 aliphatic heterocycles. The highest BCUT2D eigenvalue weighted by molar-refractivity contribution is 5.91. The van der Waals surface area contributed by atoms with Crippen molar-refractivity contribution in [3.8, 4) is 11.3 Å². The number of rotatable bonds is 7. The summed E-state index contributed by atoms with van der Waals surface area (Å²) < 4.78 is 27.0. The number of benzene rings is 2. The zero-order chi connectivity index (χ0) is 19.4. The number of amides is 1. The number of halogens is 2. The van der Waals surface area contributed by atoms with E-state index in [2.05, 4.69) is 10.3 Å². The molecule has 2 aromatic carbocycles. The Labute approximate surface area is 156 Å². The quantitative estimate of drug-likeness (QED) is 0.588. The lowest BCUT2D eigenvalue weighted by atomic mass is 10.0. The molecule has 0 unspecified atom stereocenters. The molecule has 0 bridgehead atoms. The fourth-order valence-corrected chi connectivity index (χ4v) is 3.16. The minimum atomic E-state index is -0.357. The van der Waals surface area contributed by atoms with Gasteiger partial charge in [0.05, 0.1) is 12.6 Å². The smallest absolute Gasteiger partial charge is 0.220 e. The van der Waals surface area contributed by atoms with Crippen LogP contribution in [0.3, 0.4) is 0 Å². The van der Waals surface area contributed by atoms with Crippen LogP contribution < -0.4 is 5.32 Å². The van der Waals surface area contributed by atoms with E-state index in [9.17, 15) is 18.7 Å². The van der Waals surface area contributed by atoms with E-state index in [0.29, 0.717) is 18.2 Å². The molecule has 1 aromatic heterocycles. The first kappa shape index (κ1) is 19.0. The third kappa shape index (κ3) is 4.34. The molecule has 0 saturated carbocycles. The molecule has 1 heterocycles. The number of aliphatic hydroxyl groups is 1. The number of hydrogen-bond donors (Lipinski definition) is 3. The van der Waals surface area contributed by atoms with Crippen molar-refractivity contribution in [3.05, 3.63) is 59.7 Å². The molecule has 0 saturated heterocycles. The van der Waals surface area contributed by atoms with E-state index in [4.69, 9.17) is 0 Å². The highest BCUT2D eigenvalue weighted by Crippen LogP contribution is 2.32. The number of H-pyrrole nitrogens is 1. The van der Waals surface area contributed by atoms with Crippen LogP contribution in [-0.2, 0) is 11.2 Å². The Balaban J connectivity index is 1.92. The van der Waals surface area contributed by atoms with Crippen LogP contribution >= 0.6 is 0 Å². The molecular formula is C21H22F2N2O2. The number of aliphatic hydroxyl groups excluding tert-OH is 1. The van der Waals surface area contributed by atoms with Gasteiger partial charge in [-0.15, -0.1) is 0 Å². The third-order valence-electron chi connectivity index (χ3n) is 4.68. The molecule has 6 heteroatoms. The molecule has 0 aliphatic rings. The molecule has 1 amide bonds. The molecule has 0 fully saturated rings. The summed E-state index contributed by atoms with van der Waals surface area (Å²) in [5.74, 6) is -0.868. The number of hydrogen-bond acceptors (Lipinski definition) is 2. The SMILES string of the molecule is CC[C@H](CO)NC(=O)CCc1c(-c2ccc(F)cc2)[nH]c2ccc(F)cc12. The van der Waals surface area contributed by atoms with E-state index >= 15 is 0 Å². The van der Waals surface area contributed by atoms with Crippen LogP contribution in [0, 0.1) is 11.6 Å². The van der Waals surface area contributed by atoms with Crippen molar-refractivity contribution in [1.29, 1.82) is 0 Å². The number of carbonyl (C=O) groups excluding carboxylic acids is 1. The summed E-state index contributed by atoms with van der Waals surface area (Å²) in [7, 11) is 0. The first-order chi connectivity index (χ1) is 13.0. The Kier molecular flexibility index (Phi) is 5.86. The van der Waals surface area contributed by atoms with E-state index in [-0.39, 0.29) is 36.6 Å². The van der Waals surface area contributed by atoms with Crippen molar-refractivity contribution in [2.75, 3.05) is 6.61 Å². The highest BCUT2D eigenvalue weighted by Gasteiger charge is 2.16. The molecule has 27 heavy (non-hydrogen) atoms. The number of aromatic nitrogens is 1. The maximum Gasteiger partial charge on any atom is 0.220 e. The first-order valence-electron chi connectivity index (χ1n) is 8.98. The fourth-order valence-electron chi connectivity index (χ4n) is 3.16. The van der Waals surface area contributed by atoms with Crippen molar-refractivity contribution >= 4 is 16.8 Å². The zero-order valence-electron chi connectivity index (χ0n) is 15.1. The molecule has 0 spiro atoms. The molecule has 0 aliphatic carbocycles. The van der Waals surface area contributed by atoms with Crippen molar-refractivity contribution in [2.45, 2.75) is 32.2 Å². The van der Waals surface area contributed by atoms with Gasteiger partial charge in [0.2, 0.25) is 5.91 Å². The summed E-state index contributed by atoms with van der Waals surface area (Å²) in [6.45, 7) is 1.78. The van der Waals surface area contributed by atoms with Crippen LogP contribution in [0.5, 0.6) is 0 Å². The Bertz CT molecular complexity index is 931. The normalized spacial score (nSPS) is 12.3. The third-order valence-corrected chi connectivity index (χ3v) is 4.68. The summed E-state index contributed by atoms with van der Waals surface area (Å²) in [5, 5.41) is 12.7. The summed E-state index contributed by atoms with van der Waals surface area (Å²) in [6.07, 6.45) is 1.24. The Hall–Kier alpha value is -2.73. The van der Waals surface area contributed by atoms with Crippen molar-refractivity contribution in [1.82, 2.24) is 10.3 Å². The van der Waals surface area contributed by atoms with E-state index in [0.717, 1.165) is 22.3 Å². The van der Waals surface area contributed by atoms with E-state index in [1.807, 2.05) is 6.92 Å². The molecule has 0 radical (unpaired) electrons. The van der Waals surface area contributed by atoms with Gasteiger partial charge in [-0.3, -0.25) is 4.79 Å². The van der Waals surface area contributed by atoms with Gasteiger partial charge >= 0.3 is 0 Å². The molecule has 3 N–H and O–H groups in total. The summed E-state index contributed by atoms with van der Waals surface area (Å²) in [5.41, 5.74) is 3.08. The van der Waals surface area contributed by atoms with Gasteiger partial charge in [-0.05, 0) is 66.4 Å². The number of fused-ring (bicyclic) bond motifs is 1. The van der Waals surface area contributed by atoms with E-state index < -0.39 is 0 Å². The van der Waals surface area contributed by atoms with E-state index in [1.54, 1.807) is 18.2 Å². The highest BCUT2D eigenvalue weighted by atomic mass is 19.1. The van der Waals surface area contributed by atoms with Gasteiger partial charge < -0.3 is 15.4 Å². The fraction of sp³-hybridized carbons (Fsp3) is 0.286. The van der Waals surface area contributed by atoms with Crippen LogP contribution in [0.25, 0.3) is 22.2 Å². The van der Waals surface area contributed by atoms with Crippen LogP contribution in [0.2, 0.25) is 0 Å². The van der Waals surface area contributed by atoms with Crippen LogP contribution in [0.15, 0.2) is 42.5 Å². The van der Waals surface area contributed by atoms with Crippen LogP contribution in [0.1, 0.15) is 25.3 Å². The zero-order valence-corrected chi connectivity index (χ0v) is 15.1. The summed E-state index contributed by atoms with van der Waals surface area (Å²) >= 11 is 0. The lowest BCUT2D eigenvalue weighted by molar-refractivity contribution is -0.122. The lowest BCUT2D eigenvalue weighted by Gasteiger charge is -2.14. The topological polar surface area (TPSA) is 65.1 Å². The van der Waals surface area contributed by atoms with Crippen molar-refractivity contribution in [2.24, 2.45) is 0 Å². The summed E-state index contributed by atoms with van der Waals surface area (Å²) in [6, 6.07) is 10.2. The predicted molar refractivity (Wildman–Crippen MR) is 101 cm³/mol. The van der Waals surface area contributed by atoms with Gasteiger partial charge in [0.1, 0.15) is 11.6 Å². The second-order valence-corrected chi connectivity index (χ2v) is 6.53. The summed E-state index contributed by atoms with van der Waals surface area (Å²) in [4.78, 5) is 15.5. The van der Waals surface area contributed by atoms with Gasteiger partial charge in [-0.25, -0.2) is 8.78 Å². The van der Waals surface area contributed by atoms with E-state index in [1.165, 1.54) is 24.3 Å². The molecule has 4 nitrogen and oxygen atoms in total. The lowest BCUT2D eigenvalue weighted by Crippen LogP contribution is -2.37. The van der Waals surface area contributed by atoms with Gasteiger partial charge in [-0.2, -0.15) is 0 Å². The monoisotopic (exact) mass is 372 g/mol. The van der Waals surface area contributed by atoms with Gasteiger partial charge in [-0.1, -0.05) is 6.92 Å². The molecular weight excluding hydrogens is 350 g/mol. The standard InChI is InChI=1S/C21H22F2N2O2/c1-2-16(12-26)24-20(27)10-8-17-18-11-15(23)7-9-19(18)25-21(17)13-3-5-14(22)6-4-13/h3-7,9,11,16,25-26H,2,8,10,12H2,1H3,(H,24,27)/t16-/m1/s1. The van der Waals surface area contributed by atoms with Gasteiger partial charge in [0.15, 0.2) is 0 Å². The second kappa shape index (κ2) is 8.31. The average molecular weight is 372 g/mol. The molecule has 3 rings (SSSR count). The number of carbonyl (C=O) groups is 1. The Morgan fingerprint density at radius 3 is 2.52 bits per heavy atom. The van der Waals surface area contributed by atoms with Gasteiger partial charge in [0.25, 0.3) is 0 Å². The molecule has 3 aromatic rings. The minimum Gasteiger partial charge on any atom is -0.394 e. The van der Waals surface area contributed by atoms with Crippen molar-refractivity contribution < 1.29 is 18.7 Å². The Morgan fingerprint density at radius 1 is 1.15 bits per heavy atom. The maximum absolute atomic E-state index is 13.8. The van der Waals surface area contributed by atoms with Crippen molar-refractivity contribution in [3.63, 3.8) is 0 Å². The number of nitrogens with one attached hydrogen (secondary N) is 2. The minimum absolute atomic E-state index is 0.110. The molecule has 142 valence electrons. The van der Waals surface area contributed by atoms with Crippen LogP contribution in [-0.4, -0.2) is 28.6 Å². The predicted octanol–water partition coefficient (Wildman–Crippen LogP) is 3.93. The Morgan fingerprint density at radius 2 is 1.85 bits per heavy atom. The van der Waals surface area contributed by atoms with Gasteiger partial charge in [0, 0.05) is 23.0 Å². The number of aryl methyl sites for hydroxylation is 1. The van der Waals surface area contributed by atoms with Crippen LogP contribution in [0.4, 0.5) is 8.78 Å². The first-order valence-corrected chi connectivity index (χ1v) is 8.98. The largest absolute Gasteiger partial charge is 0.394 e. The molecule has 1 atom stereocenters.